The molecule has 0 atom stereocenters. The number of hydrogen-bond acceptors (Lipinski definition) is 3. The van der Waals surface area contributed by atoms with Gasteiger partial charge in [0.1, 0.15) is 6.33 Å². The van der Waals surface area contributed by atoms with Crippen LogP contribution < -0.4 is 0 Å². The Kier molecular flexibility index (Phi) is 3.71. The van der Waals surface area contributed by atoms with Crippen LogP contribution in [0.3, 0.4) is 0 Å². The standard InChI is InChI=1S/C16H16F2N4O/c1-11-5-12(2)7-13(6-11)15-19-10-22(20-15)4-3-14(23)21-8-16(17,18)9-21/h3-7,10H,8-9H2,1-2H3/b4-3-. The number of aryl methyl sites for hydroxylation is 2. The van der Waals surface area contributed by atoms with Crippen molar-refractivity contribution >= 4 is 12.1 Å². The predicted molar refractivity (Wildman–Crippen MR) is 81.8 cm³/mol. The first-order chi connectivity index (χ1) is 10.8. The lowest BCUT2D eigenvalue weighted by molar-refractivity contribution is -0.160. The lowest BCUT2D eigenvalue weighted by Crippen LogP contribution is -2.58. The monoisotopic (exact) mass is 318 g/mol. The van der Waals surface area contributed by atoms with Gasteiger partial charge in [0.15, 0.2) is 5.82 Å². The minimum Gasteiger partial charge on any atom is -0.327 e. The zero-order valence-electron chi connectivity index (χ0n) is 12.8. The van der Waals surface area contributed by atoms with Crippen molar-refractivity contribution in [1.82, 2.24) is 19.7 Å². The number of likely N-dealkylation sites (tertiary alicyclic amines) is 1. The van der Waals surface area contributed by atoms with E-state index in [1.54, 1.807) is 0 Å². The van der Waals surface area contributed by atoms with Crippen LogP contribution in [0, 0.1) is 13.8 Å². The first-order valence-electron chi connectivity index (χ1n) is 7.17. The Morgan fingerprint density at radius 2 is 1.87 bits per heavy atom. The highest BCUT2D eigenvalue weighted by molar-refractivity contribution is 5.90. The van der Waals surface area contributed by atoms with Crippen molar-refractivity contribution in [2.45, 2.75) is 19.8 Å². The number of benzene rings is 1. The fraction of sp³-hybridized carbons (Fsp3) is 0.312. The summed E-state index contributed by atoms with van der Waals surface area (Å²) >= 11 is 0. The highest BCUT2D eigenvalue weighted by Gasteiger charge is 2.45. The summed E-state index contributed by atoms with van der Waals surface area (Å²) in [6.07, 6.45) is 4.11. The highest BCUT2D eigenvalue weighted by Crippen LogP contribution is 2.26. The molecule has 5 nitrogen and oxygen atoms in total. The zero-order valence-corrected chi connectivity index (χ0v) is 12.8. The molecular formula is C16H16F2N4O. The summed E-state index contributed by atoms with van der Waals surface area (Å²) in [6, 6.07) is 6.01. The van der Waals surface area contributed by atoms with Crippen LogP contribution in [0.5, 0.6) is 0 Å². The van der Waals surface area contributed by atoms with E-state index in [1.165, 1.54) is 23.3 Å². The summed E-state index contributed by atoms with van der Waals surface area (Å²) in [5.41, 5.74) is 3.12. The number of aromatic nitrogens is 3. The van der Waals surface area contributed by atoms with Gasteiger partial charge in [-0.05, 0) is 26.0 Å². The van der Waals surface area contributed by atoms with Crippen molar-refractivity contribution in [3.63, 3.8) is 0 Å². The van der Waals surface area contributed by atoms with Crippen LogP contribution in [-0.4, -0.2) is 44.6 Å². The molecule has 1 aliphatic heterocycles. The highest BCUT2D eigenvalue weighted by atomic mass is 19.3. The molecule has 3 rings (SSSR count). The molecule has 0 saturated carbocycles. The van der Waals surface area contributed by atoms with Crippen LogP contribution in [0.15, 0.2) is 30.6 Å². The number of rotatable bonds is 3. The first kappa shape index (κ1) is 15.3. The largest absolute Gasteiger partial charge is 0.327 e. The van der Waals surface area contributed by atoms with Crippen molar-refractivity contribution in [3.8, 4) is 11.4 Å². The molecule has 2 aromatic rings. The van der Waals surface area contributed by atoms with Gasteiger partial charge in [-0.1, -0.05) is 17.2 Å². The number of carbonyl (C=O) groups is 1. The Balaban J connectivity index is 1.70. The summed E-state index contributed by atoms with van der Waals surface area (Å²) in [5, 5.41) is 4.27. The second-order valence-electron chi connectivity index (χ2n) is 5.79. The van der Waals surface area contributed by atoms with Crippen LogP contribution in [0.2, 0.25) is 0 Å². The molecule has 1 saturated heterocycles. The van der Waals surface area contributed by atoms with Crippen LogP contribution >= 0.6 is 0 Å². The minimum atomic E-state index is -2.76. The molecule has 23 heavy (non-hydrogen) atoms. The average Bonchev–Trinajstić information content (AvgIpc) is 2.90. The van der Waals surface area contributed by atoms with Crippen LogP contribution in [0.1, 0.15) is 11.1 Å². The van der Waals surface area contributed by atoms with E-state index >= 15 is 0 Å². The Hall–Kier alpha value is -2.57. The number of amides is 1. The van der Waals surface area contributed by atoms with Crippen LogP contribution in [0.25, 0.3) is 17.6 Å². The molecule has 0 spiro atoms. The Labute approximate surface area is 132 Å². The lowest BCUT2D eigenvalue weighted by atomic mass is 10.1. The first-order valence-corrected chi connectivity index (χ1v) is 7.17. The smallest absolute Gasteiger partial charge is 0.282 e. The summed E-state index contributed by atoms with van der Waals surface area (Å²) in [4.78, 5) is 17.0. The Morgan fingerprint density at radius 1 is 1.22 bits per heavy atom. The van der Waals surface area contributed by atoms with E-state index in [0.717, 1.165) is 21.6 Å². The molecule has 0 radical (unpaired) electrons. The molecule has 1 fully saturated rings. The molecule has 2 heterocycles. The summed E-state index contributed by atoms with van der Waals surface area (Å²) in [6.45, 7) is 2.94. The fourth-order valence-electron chi connectivity index (χ4n) is 2.50. The normalized spacial score (nSPS) is 16.6. The van der Waals surface area contributed by atoms with Crippen molar-refractivity contribution in [3.05, 3.63) is 41.7 Å². The Bertz CT molecular complexity index is 754. The SMILES string of the molecule is Cc1cc(C)cc(-c2ncn(/C=C\C(=O)N3CC(F)(F)C3)n2)c1. The second kappa shape index (κ2) is 5.57. The van der Waals surface area contributed by atoms with Crippen molar-refractivity contribution in [2.75, 3.05) is 13.1 Å². The molecule has 1 aromatic carbocycles. The molecule has 7 heteroatoms. The molecular weight excluding hydrogens is 302 g/mol. The third-order valence-corrected chi connectivity index (χ3v) is 3.51. The van der Waals surface area contributed by atoms with Crippen LogP contribution in [-0.2, 0) is 4.79 Å². The third-order valence-electron chi connectivity index (χ3n) is 3.51. The van der Waals surface area contributed by atoms with Gasteiger partial charge >= 0.3 is 0 Å². The molecule has 1 aromatic heterocycles. The molecule has 0 aliphatic carbocycles. The van der Waals surface area contributed by atoms with Crippen molar-refractivity contribution < 1.29 is 13.6 Å². The molecule has 1 amide bonds. The number of nitrogens with zero attached hydrogens (tertiary/aromatic N) is 4. The minimum absolute atomic E-state index is 0.459. The maximum absolute atomic E-state index is 12.7. The molecule has 120 valence electrons. The van der Waals surface area contributed by atoms with Gasteiger partial charge in [-0.2, -0.15) is 0 Å². The van der Waals surface area contributed by atoms with Gasteiger partial charge in [0.05, 0.1) is 13.1 Å². The fourth-order valence-corrected chi connectivity index (χ4v) is 2.50. The topological polar surface area (TPSA) is 51.0 Å². The molecule has 0 bridgehead atoms. The maximum Gasteiger partial charge on any atom is 0.282 e. The third kappa shape index (κ3) is 3.44. The predicted octanol–water partition coefficient (Wildman–Crippen LogP) is 2.51. The average molecular weight is 318 g/mol. The Morgan fingerprint density at radius 3 is 2.48 bits per heavy atom. The van der Waals surface area contributed by atoms with Gasteiger partial charge in [-0.3, -0.25) is 4.79 Å². The number of halogens is 2. The summed E-state index contributed by atoms with van der Waals surface area (Å²) in [5.74, 6) is -2.67. The molecule has 0 unspecified atom stereocenters. The van der Waals surface area contributed by atoms with Crippen molar-refractivity contribution in [1.29, 1.82) is 0 Å². The maximum atomic E-state index is 12.7. The summed E-state index contributed by atoms with van der Waals surface area (Å²) in [7, 11) is 0. The number of carbonyl (C=O) groups excluding carboxylic acids is 1. The second-order valence-corrected chi connectivity index (χ2v) is 5.79. The van der Waals surface area contributed by atoms with Gasteiger partial charge in [0, 0.05) is 17.8 Å². The van der Waals surface area contributed by atoms with Gasteiger partial charge in [0.25, 0.3) is 5.92 Å². The van der Waals surface area contributed by atoms with Gasteiger partial charge in [-0.15, -0.1) is 5.10 Å². The van der Waals surface area contributed by atoms with Gasteiger partial charge in [0.2, 0.25) is 5.91 Å². The summed E-state index contributed by atoms with van der Waals surface area (Å²) < 4.78 is 26.8. The molecule has 1 aliphatic rings. The van der Waals surface area contributed by atoms with Gasteiger partial charge < -0.3 is 4.90 Å². The van der Waals surface area contributed by atoms with E-state index in [2.05, 4.69) is 16.1 Å². The van der Waals surface area contributed by atoms with E-state index < -0.39 is 24.9 Å². The number of hydrogen-bond donors (Lipinski definition) is 0. The zero-order chi connectivity index (χ0) is 16.6. The van der Waals surface area contributed by atoms with Gasteiger partial charge in [-0.25, -0.2) is 18.4 Å². The number of alkyl halides is 2. The lowest BCUT2D eigenvalue weighted by Gasteiger charge is -2.37. The van der Waals surface area contributed by atoms with Crippen molar-refractivity contribution in [2.24, 2.45) is 0 Å². The van der Waals surface area contributed by atoms with Crippen LogP contribution in [0.4, 0.5) is 8.78 Å². The quantitative estimate of drug-likeness (QED) is 0.817. The van der Waals surface area contributed by atoms with E-state index in [4.69, 9.17) is 0 Å². The van der Waals surface area contributed by atoms with E-state index in [0.29, 0.717) is 5.82 Å². The molecule has 0 N–H and O–H groups in total. The van der Waals surface area contributed by atoms with E-state index in [-0.39, 0.29) is 0 Å². The van der Waals surface area contributed by atoms with E-state index in [9.17, 15) is 13.6 Å². The van der Waals surface area contributed by atoms with E-state index in [1.807, 2.05) is 26.0 Å².